The fourth-order valence-corrected chi connectivity index (χ4v) is 9.87. The summed E-state index contributed by atoms with van der Waals surface area (Å²) in [4.78, 5) is 2.41. The lowest BCUT2D eigenvalue weighted by molar-refractivity contribution is 0.670. The lowest BCUT2D eigenvalue weighted by Crippen LogP contribution is -2.11. The van der Waals surface area contributed by atoms with Crippen LogP contribution >= 0.6 is 0 Å². The summed E-state index contributed by atoms with van der Waals surface area (Å²) in [7, 11) is 0. The van der Waals surface area contributed by atoms with E-state index in [1.807, 2.05) is 12.1 Å². The number of anilines is 3. The van der Waals surface area contributed by atoms with E-state index >= 15 is 0 Å². The van der Waals surface area contributed by atoms with Crippen molar-refractivity contribution in [2.75, 3.05) is 4.90 Å². The highest BCUT2D eigenvalue weighted by molar-refractivity contribution is 6.10. The van der Waals surface area contributed by atoms with E-state index in [4.69, 9.17) is 4.42 Å². The van der Waals surface area contributed by atoms with Crippen LogP contribution in [0.3, 0.4) is 0 Å². The van der Waals surface area contributed by atoms with Crippen molar-refractivity contribution < 1.29 is 4.42 Å². The Kier molecular flexibility index (Phi) is 10.6. The lowest BCUT2D eigenvalue weighted by Gasteiger charge is -2.29. The third kappa shape index (κ3) is 7.54. The average Bonchev–Trinajstić information content (AvgIpc) is 3.81. The van der Waals surface area contributed by atoms with Gasteiger partial charge in [-0.25, -0.2) is 0 Å². The maximum absolute atomic E-state index is 6.51. The predicted octanol–water partition coefficient (Wildman–Crippen LogP) is 18.7. The van der Waals surface area contributed by atoms with Gasteiger partial charge in [0.1, 0.15) is 11.2 Å². The zero-order valence-corrected chi connectivity index (χ0v) is 37.3. The molecule has 0 unspecified atom stereocenters. The van der Waals surface area contributed by atoms with Gasteiger partial charge in [0.25, 0.3) is 0 Å². The van der Waals surface area contributed by atoms with Gasteiger partial charge in [0.05, 0.1) is 5.69 Å². The SMILES string of the molecule is c1ccc(-c2ccc(-c3ccc(N(c4ccc(-c5cccc6c5oc5ccccc56)cc4)c4ccccc4-c4cccc(-c5ccccc5)c4-c4ccccc4-c4ccccc4)cc3)cc2)cc1. The van der Waals surface area contributed by atoms with Crippen molar-refractivity contribution in [1.82, 2.24) is 0 Å². The molecular formula is C66H45NO. The molecule has 1 heterocycles. The van der Waals surface area contributed by atoms with Gasteiger partial charge in [-0.05, 0) is 103 Å². The minimum Gasteiger partial charge on any atom is -0.455 e. The first-order valence-electron chi connectivity index (χ1n) is 23.2. The van der Waals surface area contributed by atoms with Crippen molar-refractivity contribution in [3.05, 3.63) is 273 Å². The molecule has 12 aromatic rings. The minimum absolute atomic E-state index is 0.895. The monoisotopic (exact) mass is 867 g/mol. The summed E-state index contributed by atoms with van der Waals surface area (Å²) in [5, 5.41) is 2.25. The number of hydrogen-bond acceptors (Lipinski definition) is 2. The van der Waals surface area contributed by atoms with Crippen LogP contribution < -0.4 is 4.90 Å². The van der Waals surface area contributed by atoms with E-state index < -0.39 is 0 Å². The molecule has 320 valence electrons. The third-order valence-electron chi connectivity index (χ3n) is 13.2. The first kappa shape index (κ1) is 40.5. The molecule has 11 aromatic carbocycles. The van der Waals surface area contributed by atoms with Crippen LogP contribution in [-0.4, -0.2) is 0 Å². The van der Waals surface area contributed by atoms with Crippen molar-refractivity contribution in [3.8, 4) is 77.9 Å². The lowest BCUT2D eigenvalue weighted by atomic mass is 9.84. The predicted molar refractivity (Wildman–Crippen MR) is 286 cm³/mol. The zero-order chi connectivity index (χ0) is 45.2. The fourth-order valence-electron chi connectivity index (χ4n) is 9.87. The summed E-state index contributed by atoms with van der Waals surface area (Å²) in [5.41, 5.74) is 21.2. The summed E-state index contributed by atoms with van der Waals surface area (Å²) in [6.45, 7) is 0. The molecule has 0 aliphatic rings. The molecule has 12 rings (SSSR count). The van der Waals surface area contributed by atoms with Gasteiger partial charge in [-0.15, -0.1) is 0 Å². The van der Waals surface area contributed by atoms with Crippen LogP contribution in [0.4, 0.5) is 17.1 Å². The molecule has 0 spiro atoms. The van der Waals surface area contributed by atoms with Crippen LogP contribution in [0.25, 0.3) is 99.8 Å². The first-order valence-corrected chi connectivity index (χ1v) is 23.2. The Balaban J connectivity index is 1.02. The van der Waals surface area contributed by atoms with Gasteiger partial charge < -0.3 is 9.32 Å². The van der Waals surface area contributed by atoms with Crippen LogP contribution in [0.15, 0.2) is 277 Å². The van der Waals surface area contributed by atoms with Gasteiger partial charge in [0, 0.05) is 33.3 Å². The van der Waals surface area contributed by atoms with Gasteiger partial charge in [-0.2, -0.15) is 0 Å². The van der Waals surface area contributed by atoms with Gasteiger partial charge in [0.2, 0.25) is 0 Å². The molecule has 1 aromatic heterocycles. The topological polar surface area (TPSA) is 16.4 Å². The molecule has 0 saturated heterocycles. The number of nitrogens with zero attached hydrogens (tertiary/aromatic N) is 1. The molecule has 68 heavy (non-hydrogen) atoms. The van der Waals surface area contributed by atoms with E-state index in [1.165, 1.54) is 50.1 Å². The van der Waals surface area contributed by atoms with Gasteiger partial charge >= 0.3 is 0 Å². The second kappa shape index (κ2) is 17.8. The van der Waals surface area contributed by atoms with Crippen molar-refractivity contribution in [2.24, 2.45) is 0 Å². The largest absolute Gasteiger partial charge is 0.455 e. The van der Waals surface area contributed by atoms with E-state index in [2.05, 4.69) is 266 Å². The average molecular weight is 868 g/mol. The quantitative estimate of drug-likeness (QED) is 0.136. The maximum atomic E-state index is 6.51. The standard InChI is InChI=1S/C66H45NO/c1-4-18-46(19-5-1)47-34-36-48(37-35-47)49-38-42-53(43-39-49)67(54-44-40-52(41-45-54)57-29-17-31-62-59-26-13-15-33-64(59)68-66(57)62)63-32-14-12-25-58(63)61-30-16-28-56(51-22-8-3-9-23-51)65(61)60-27-11-10-24-55(60)50-20-6-2-7-21-50/h1-45H. The first-order chi connectivity index (χ1) is 33.7. The number of rotatable bonds is 10. The molecule has 2 nitrogen and oxygen atoms in total. The Morgan fingerprint density at radius 2 is 0.632 bits per heavy atom. The number of hydrogen-bond donors (Lipinski definition) is 0. The summed E-state index contributed by atoms with van der Waals surface area (Å²) in [6.07, 6.45) is 0. The smallest absolute Gasteiger partial charge is 0.143 e. The molecule has 0 aliphatic heterocycles. The normalized spacial score (nSPS) is 11.2. The van der Waals surface area contributed by atoms with Crippen LogP contribution in [-0.2, 0) is 0 Å². The second-order valence-corrected chi connectivity index (χ2v) is 17.2. The molecular weight excluding hydrogens is 823 g/mol. The summed E-state index contributed by atoms with van der Waals surface area (Å²) < 4.78 is 6.51. The molecule has 0 atom stereocenters. The van der Waals surface area contributed by atoms with Gasteiger partial charge in [-0.1, -0.05) is 237 Å². The molecule has 0 saturated carbocycles. The van der Waals surface area contributed by atoms with Crippen LogP contribution in [0.2, 0.25) is 0 Å². The molecule has 0 bridgehead atoms. The molecule has 0 aliphatic carbocycles. The van der Waals surface area contributed by atoms with Crippen LogP contribution in [0.5, 0.6) is 0 Å². The van der Waals surface area contributed by atoms with Crippen LogP contribution in [0, 0.1) is 0 Å². The van der Waals surface area contributed by atoms with E-state index in [-0.39, 0.29) is 0 Å². The summed E-state index contributed by atoms with van der Waals surface area (Å²) >= 11 is 0. The summed E-state index contributed by atoms with van der Waals surface area (Å²) in [6, 6.07) is 98.1. The summed E-state index contributed by atoms with van der Waals surface area (Å²) in [5.74, 6) is 0. The van der Waals surface area contributed by atoms with Crippen molar-refractivity contribution in [3.63, 3.8) is 0 Å². The highest BCUT2D eigenvalue weighted by Crippen LogP contribution is 2.49. The minimum atomic E-state index is 0.895. The van der Waals surface area contributed by atoms with E-state index in [1.54, 1.807) is 0 Å². The Hall–Kier alpha value is -8.98. The van der Waals surface area contributed by atoms with Gasteiger partial charge in [0.15, 0.2) is 0 Å². The van der Waals surface area contributed by atoms with E-state index in [0.717, 1.165) is 66.8 Å². The van der Waals surface area contributed by atoms with E-state index in [0.29, 0.717) is 0 Å². The Bertz CT molecular complexity index is 3690. The van der Waals surface area contributed by atoms with Crippen molar-refractivity contribution >= 4 is 39.0 Å². The molecule has 0 N–H and O–H groups in total. The zero-order valence-electron chi connectivity index (χ0n) is 37.3. The van der Waals surface area contributed by atoms with Crippen molar-refractivity contribution in [2.45, 2.75) is 0 Å². The molecule has 0 fully saturated rings. The number of fused-ring (bicyclic) bond motifs is 3. The molecule has 2 heteroatoms. The fraction of sp³-hybridized carbons (Fsp3) is 0. The second-order valence-electron chi connectivity index (χ2n) is 17.2. The molecule has 0 amide bonds. The highest BCUT2D eigenvalue weighted by atomic mass is 16.3. The maximum Gasteiger partial charge on any atom is 0.143 e. The number of benzene rings is 11. The Morgan fingerprint density at radius 3 is 1.28 bits per heavy atom. The Morgan fingerprint density at radius 1 is 0.235 bits per heavy atom. The third-order valence-corrected chi connectivity index (χ3v) is 13.2. The number of para-hydroxylation sites is 3. The van der Waals surface area contributed by atoms with Gasteiger partial charge in [-0.3, -0.25) is 0 Å². The molecule has 0 radical (unpaired) electrons. The van der Waals surface area contributed by atoms with E-state index in [9.17, 15) is 0 Å². The Labute approximate surface area is 397 Å². The highest BCUT2D eigenvalue weighted by Gasteiger charge is 2.23. The number of furan rings is 1. The van der Waals surface area contributed by atoms with Crippen molar-refractivity contribution in [1.29, 1.82) is 0 Å². The van der Waals surface area contributed by atoms with Crippen LogP contribution in [0.1, 0.15) is 0 Å².